The number of methoxy groups -OCH3 is 1. The van der Waals surface area contributed by atoms with E-state index < -0.39 is 12.1 Å². The van der Waals surface area contributed by atoms with E-state index in [-0.39, 0.29) is 5.89 Å². The predicted octanol–water partition coefficient (Wildman–Crippen LogP) is 4.69. The number of hydrogen-bond acceptors (Lipinski definition) is 7. The number of nitrogens with zero attached hydrogens (tertiary/aromatic N) is 2. The van der Waals surface area contributed by atoms with Crippen molar-refractivity contribution in [1.29, 1.82) is 0 Å². The Labute approximate surface area is 161 Å². The van der Waals surface area contributed by atoms with Gasteiger partial charge in [0.15, 0.2) is 6.10 Å². The largest absolute Gasteiger partial charge is 0.496 e. The Morgan fingerprint density at radius 1 is 1.15 bits per heavy atom. The second-order valence-corrected chi connectivity index (χ2v) is 6.80. The maximum absolute atomic E-state index is 12.5. The minimum Gasteiger partial charge on any atom is -0.496 e. The van der Waals surface area contributed by atoms with Gasteiger partial charge < -0.3 is 13.9 Å². The number of carbonyl (C=O) groups is 1. The van der Waals surface area contributed by atoms with Crippen molar-refractivity contribution in [3.05, 3.63) is 59.5 Å². The maximum Gasteiger partial charge on any atom is 0.342 e. The fraction of sp³-hybridized carbons (Fsp3) is 0.250. The first-order chi connectivity index (χ1) is 13.0. The van der Waals surface area contributed by atoms with Crippen LogP contribution in [0, 0.1) is 6.92 Å². The molecule has 0 saturated heterocycles. The third-order valence-corrected chi connectivity index (χ3v) is 4.72. The molecule has 3 aromatic rings. The lowest BCUT2D eigenvalue weighted by Gasteiger charge is -2.12. The van der Waals surface area contributed by atoms with Crippen molar-refractivity contribution in [2.45, 2.75) is 24.8 Å². The molecule has 0 aliphatic heterocycles. The van der Waals surface area contributed by atoms with Crippen molar-refractivity contribution in [1.82, 2.24) is 10.2 Å². The Morgan fingerprint density at radius 3 is 2.56 bits per heavy atom. The molecule has 0 fully saturated rings. The summed E-state index contributed by atoms with van der Waals surface area (Å²) in [7, 11) is 1.52. The van der Waals surface area contributed by atoms with E-state index in [1.165, 1.54) is 7.11 Å². The molecule has 0 saturated carbocycles. The Balaban J connectivity index is 1.75. The van der Waals surface area contributed by atoms with Crippen LogP contribution in [0.2, 0.25) is 0 Å². The molecule has 27 heavy (non-hydrogen) atoms. The fourth-order valence-corrected chi connectivity index (χ4v) is 2.88. The zero-order chi connectivity index (χ0) is 19.4. The summed E-state index contributed by atoms with van der Waals surface area (Å²) in [5.74, 6) is 0.570. The monoisotopic (exact) mass is 384 g/mol. The SMILES string of the molecule is COc1cc(SC)ccc1C(=O)O[C@H](C)c1nnc(-c2ccc(C)cc2)o1. The van der Waals surface area contributed by atoms with Gasteiger partial charge in [-0.3, -0.25) is 0 Å². The molecule has 3 rings (SSSR count). The van der Waals surface area contributed by atoms with Crippen LogP contribution in [0.1, 0.15) is 34.8 Å². The summed E-state index contributed by atoms with van der Waals surface area (Å²) in [6, 6.07) is 13.1. The molecule has 0 spiro atoms. The number of rotatable bonds is 6. The first-order valence-corrected chi connectivity index (χ1v) is 9.57. The Kier molecular flexibility index (Phi) is 5.81. The van der Waals surface area contributed by atoms with Gasteiger partial charge in [0.2, 0.25) is 5.89 Å². The molecule has 140 valence electrons. The molecule has 0 aliphatic rings. The van der Waals surface area contributed by atoms with E-state index in [1.807, 2.05) is 43.5 Å². The summed E-state index contributed by atoms with van der Waals surface area (Å²) in [6.45, 7) is 3.69. The van der Waals surface area contributed by atoms with Crippen LogP contribution >= 0.6 is 11.8 Å². The minimum atomic E-state index is -0.686. The molecule has 0 bridgehead atoms. The molecule has 0 unspecified atom stereocenters. The minimum absolute atomic E-state index is 0.235. The number of hydrogen-bond donors (Lipinski definition) is 0. The van der Waals surface area contributed by atoms with Crippen LogP contribution < -0.4 is 4.74 Å². The third kappa shape index (κ3) is 4.31. The molecule has 0 amide bonds. The van der Waals surface area contributed by atoms with Crippen LogP contribution in [0.5, 0.6) is 5.75 Å². The van der Waals surface area contributed by atoms with Crippen molar-refractivity contribution in [3.63, 3.8) is 0 Å². The summed E-state index contributed by atoms with van der Waals surface area (Å²) >= 11 is 1.57. The van der Waals surface area contributed by atoms with Gasteiger partial charge in [-0.05, 0) is 50.4 Å². The van der Waals surface area contributed by atoms with E-state index in [0.29, 0.717) is 17.2 Å². The van der Waals surface area contributed by atoms with E-state index in [0.717, 1.165) is 16.0 Å². The third-order valence-electron chi connectivity index (χ3n) is 4.00. The van der Waals surface area contributed by atoms with Gasteiger partial charge in [-0.25, -0.2) is 4.79 Å². The molecule has 6 nitrogen and oxygen atoms in total. The molecular weight excluding hydrogens is 364 g/mol. The topological polar surface area (TPSA) is 74.5 Å². The van der Waals surface area contributed by atoms with E-state index >= 15 is 0 Å². The lowest BCUT2D eigenvalue weighted by Crippen LogP contribution is -2.11. The number of carbonyl (C=O) groups excluding carboxylic acids is 1. The predicted molar refractivity (Wildman–Crippen MR) is 103 cm³/mol. The van der Waals surface area contributed by atoms with E-state index in [9.17, 15) is 4.79 Å². The average Bonchev–Trinajstić information content (AvgIpc) is 3.18. The van der Waals surface area contributed by atoms with Gasteiger partial charge in [-0.2, -0.15) is 0 Å². The highest BCUT2D eigenvalue weighted by Gasteiger charge is 2.22. The number of esters is 1. The molecule has 0 N–H and O–H groups in total. The second-order valence-electron chi connectivity index (χ2n) is 5.93. The van der Waals surface area contributed by atoms with Crippen LogP contribution in [-0.4, -0.2) is 29.5 Å². The maximum atomic E-state index is 12.5. The van der Waals surface area contributed by atoms with Crippen molar-refractivity contribution in [2.75, 3.05) is 13.4 Å². The molecule has 0 radical (unpaired) electrons. The molecule has 1 atom stereocenters. The second kappa shape index (κ2) is 8.26. The Morgan fingerprint density at radius 2 is 1.89 bits per heavy atom. The molecule has 1 heterocycles. The Hall–Kier alpha value is -2.80. The number of benzene rings is 2. The highest BCUT2D eigenvalue weighted by Crippen LogP contribution is 2.28. The first kappa shape index (κ1) is 19.0. The van der Waals surface area contributed by atoms with Crippen molar-refractivity contribution < 1.29 is 18.7 Å². The standard InChI is InChI=1S/C20H20N2O4S/c1-12-5-7-14(8-6-12)19-22-21-18(26-19)13(2)25-20(23)16-10-9-15(27-4)11-17(16)24-3/h5-11,13H,1-4H3/t13-/m1/s1. The summed E-state index contributed by atoms with van der Waals surface area (Å²) in [6.07, 6.45) is 1.27. The Bertz CT molecular complexity index is 937. The molecule has 7 heteroatoms. The summed E-state index contributed by atoms with van der Waals surface area (Å²) < 4.78 is 16.5. The average molecular weight is 384 g/mol. The summed E-state index contributed by atoms with van der Waals surface area (Å²) in [5, 5.41) is 8.04. The van der Waals surface area contributed by atoms with E-state index in [4.69, 9.17) is 13.9 Å². The zero-order valence-electron chi connectivity index (χ0n) is 15.6. The van der Waals surface area contributed by atoms with Gasteiger partial charge in [0.25, 0.3) is 5.89 Å². The number of aromatic nitrogens is 2. The van der Waals surface area contributed by atoms with Crippen LogP contribution in [0.3, 0.4) is 0 Å². The molecule has 1 aromatic heterocycles. The van der Waals surface area contributed by atoms with Crippen LogP contribution in [0.15, 0.2) is 51.8 Å². The van der Waals surface area contributed by atoms with E-state index in [2.05, 4.69) is 10.2 Å². The van der Waals surface area contributed by atoms with Gasteiger partial charge in [0, 0.05) is 10.5 Å². The van der Waals surface area contributed by atoms with Crippen LogP contribution in [-0.2, 0) is 4.74 Å². The van der Waals surface area contributed by atoms with Gasteiger partial charge in [0.05, 0.1) is 7.11 Å². The summed E-state index contributed by atoms with van der Waals surface area (Å²) in [4.78, 5) is 13.5. The van der Waals surface area contributed by atoms with Crippen molar-refractivity contribution >= 4 is 17.7 Å². The van der Waals surface area contributed by atoms with E-state index in [1.54, 1.807) is 30.8 Å². The normalized spacial score (nSPS) is 11.9. The van der Waals surface area contributed by atoms with Gasteiger partial charge in [0.1, 0.15) is 11.3 Å². The highest BCUT2D eigenvalue weighted by molar-refractivity contribution is 7.98. The number of ether oxygens (including phenoxy) is 2. The van der Waals surface area contributed by atoms with Gasteiger partial charge in [-0.1, -0.05) is 17.7 Å². The molecular formula is C20H20N2O4S. The zero-order valence-corrected chi connectivity index (χ0v) is 16.4. The first-order valence-electron chi connectivity index (χ1n) is 8.35. The lowest BCUT2D eigenvalue weighted by atomic mass is 10.1. The van der Waals surface area contributed by atoms with Gasteiger partial charge >= 0.3 is 5.97 Å². The van der Waals surface area contributed by atoms with Crippen LogP contribution in [0.25, 0.3) is 11.5 Å². The lowest BCUT2D eigenvalue weighted by molar-refractivity contribution is 0.0276. The van der Waals surface area contributed by atoms with Gasteiger partial charge in [-0.15, -0.1) is 22.0 Å². The number of thioether (sulfide) groups is 1. The van der Waals surface area contributed by atoms with Crippen molar-refractivity contribution in [3.8, 4) is 17.2 Å². The summed E-state index contributed by atoms with van der Waals surface area (Å²) in [5.41, 5.74) is 2.30. The smallest absolute Gasteiger partial charge is 0.342 e. The molecule has 2 aromatic carbocycles. The van der Waals surface area contributed by atoms with Crippen molar-refractivity contribution in [2.24, 2.45) is 0 Å². The quantitative estimate of drug-likeness (QED) is 0.451. The number of aryl methyl sites for hydroxylation is 1. The highest BCUT2D eigenvalue weighted by atomic mass is 32.2. The van der Waals surface area contributed by atoms with Crippen LogP contribution in [0.4, 0.5) is 0 Å². The molecule has 0 aliphatic carbocycles. The fourth-order valence-electron chi connectivity index (χ4n) is 2.45.